The second-order valence-corrected chi connectivity index (χ2v) is 14.8. The summed E-state index contributed by atoms with van der Waals surface area (Å²) in [6, 6.07) is 27.8. The molecule has 2 aliphatic carbocycles. The first-order chi connectivity index (χ1) is 17.5. The van der Waals surface area contributed by atoms with Crippen LogP contribution in [-0.2, 0) is 54.8 Å². The van der Waals surface area contributed by atoms with Crippen molar-refractivity contribution in [2.75, 3.05) is 0 Å². The topological polar surface area (TPSA) is 0 Å². The molecular weight excluding hydrogens is 524 g/mol. The normalized spacial score (nSPS) is 14.6. The minimum absolute atomic E-state index is 0.121. The van der Waals surface area contributed by atoms with Crippen molar-refractivity contribution >= 4 is 0 Å². The van der Waals surface area contributed by atoms with Crippen LogP contribution in [0.15, 0.2) is 72.8 Å². The Morgan fingerprint density at radius 1 is 0.595 bits per heavy atom. The fourth-order valence-corrected chi connectivity index (χ4v) is 8.12. The van der Waals surface area contributed by atoms with E-state index < -0.39 is 0 Å². The molecule has 185 valence electrons. The number of fused-ring (bicyclic) bond motifs is 6. The van der Waals surface area contributed by atoms with Gasteiger partial charge in [0.2, 0.25) is 0 Å². The predicted octanol–water partition coefficient (Wildman–Crippen LogP) is 9.25. The Balaban J connectivity index is 1.51. The molecule has 1 atom stereocenters. The van der Waals surface area contributed by atoms with Crippen molar-refractivity contribution in [1.82, 2.24) is 0 Å². The first kappa shape index (κ1) is 25.1. The van der Waals surface area contributed by atoms with Crippen LogP contribution in [0.4, 0.5) is 0 Å². The van der Waals surface area contributed by atoms with E-state index in [0.717, 1.165) is 19.3 Å². The van der Waals surface area contributed by atoms with Crippen molar-refractivity contribution < 1.29 is 24.7 Å². The van der Waals surface area contributed by atoms with E-state index in [2.05, 4.69) is 114 Å². The van der Waals surface area contributed by atoms with Crippen molar-refractivity contribution in [3.63, 3.8) is 0 Å². The molecule has 0 N–H and O–H groups in total. The van der Waals surface area contributed by atoms with E-state index in [1.165, 1.54) is 44.5 Å². The Labute approximate surface area is 238 Å². The molecule has 1 heteroatoms. The number of hydrogen-bond acceptors (Lipinski definition) is 0. The van der Waals surface area contributed by atoms with Crippen LogP contribution in [0, 0.1) is 0 Å². The number of benzene rings is 4. The van der Waals surface area contributed by atoms with Gasteiger partial charge in [0.1, 0.15) is 0 Å². The van der Waals surface area contributed by atoms with Crippen molar-refractivity contribution in [3.05, 3.63) is 117 Å². The molecule has 1 unspecified atom stereocenters. The van der Waals surface area contributed by atoms with Crippen LogP contribution < -0.4 is 0 Å². The molecule has 0 saturated heterocycles. The average Bonchev–Trinajstić information content (AvgIpc) is 3.41. The van der Waals surface area contributed by atoms with Gasteiger partial charge in [0.05, 0.1) is 0 Å². The molecule has 2 aliphatic rings. The minimum atomic E-state index is 0.121. The Morgan fingerprint density at radius 3 is 1.65 bits per heavy atom. The molecule has 37 heavy (non-hydrogen) atoms. The van der Waals surface area contributed by atoms with Crippen LogP contribution in [0.25, 0.3) is 22.3 Å². The number of rotatable bonds is 3. The zero-order chi connectivity index (χ0) is 26.1. The zero-order valence-electron chi connectivity index (χ0n) is 23.1. The number of hydrogen-bond donors (Lipinski definition) is 0. The first-order valence-corrected chi connectivity index (χ1v) is 15.1. The maximum atomic E-state index is 2.45. The van der Waals surface area contributed by atoms with Gasteiger partial charge in [-0.1, -0.05) is 0 Å². The molecule has 0 nitrogen and oxygen atoms in total. The Bertz CT molecular complexity index is 1520. The van der Waals surface area contributed by atoms with Gasteiger partial charge in [-0.25, -0.2) is 0 Å². The summed E-state index contributed by atoms with van der Waals surface area (Å²) in [6.45, 7) is 14.3. The van der Waals surface area contributed by atoms with Gasteiger partial charge in [0.25, 0.3) is 0 Å². The van der Waals surface area contributed by atoms with Crippen molar-refractivity contribution in [3.8, 4) is 22.3 Å². The van der Waals surface area contributed by atoms with E-state index in [1.807, 2.05) is 0 Å². The molecule has 0 aliphatic heterocycles. The van der Waals surface area contributed by atoms with E-state index in [4.69, 9.17) is 0 Å². The summed E-state index contributed by atoms with van der Waals surface area (Å²) in [5, 5.41) is 0. The van der Waals surface area contributed by atoms with Gasteiger partial charge in [0, 0.05) is 0 Å². The third-order valence-corrected chi connectivity index (χ3v) is 9.72. The van der Waals surface area contributed by atoms with Gasteiger partial charge in [0.15, 0.2) is 0 Å². The van der Waals surface area contributed by atoms with Crippen molar-refractivity contribution in [2.45, 2.75) is 75.3 Å². The molecule has 0 radical (unpaired) electrons. The molecule has 0 fully saturated rings. The van der Waals surface area contributed by atoms with Crippen LogP contribution in [0.1, 0.15) is 89.7 Å². The molecule has 0 amide bonds. The summed E-state index contributed by atoms with van der Waals surface area (Å²) in [6.07, 6.45) is 3.26. The second-order valence-electron chi connectivity index (χ2n) is 13.1. The van der Waals surface area contributed by atoms with E-state index in [-0.39, 0.29) is 10.8 Å². The predicted molar refractivity (Wildman–Crippen MR) is 153 cm³/mol. The standard InChI is InChI=1S/C36H37.Zr/c1-35(2,3)33-19-17-27-25-13-9-7-11-23(25)21-31(27)29(33)15-16-30-32-22-24-12-8-10-14-26(24)28(32)18-20-34(30)36(4,5)6;/h7-15,17-20H,16,21-22H2,1-6H3;. The summed E-state index contributed by atoms with van der Waals surface area (Å²) >= 11 is 1.61. The third-order valence-electron chi connectivity index (χ3n) is 8.51. The van der Waals surface area contributed by atoms with Gasteiger partial charge in [-0.3, -0.25) is 0 Å². The van der Waals surface area contributed by atoms with Gasteiger partial charge < -0.3 is 0 Å². The molecule has 0 bridgehead atoms. The fraction of sp³-hybridized carbons (Fsp3) is 0.333. The van der Waals surface area contributed by atoms with Gasteiger partial charge in [-0.2, -0.15) is 0 Å². The van der Waals surface area contributed by atoms with Gasteiger partial charge in [-0.05, 0) is 0 Å². The summed E-state index contributed by atoms with van der Waals surface area (Å²) in [5.41, 5.74) is 18.5. The monoisotopic (exact) mass is 559 g/mol. The van der Waals surface area contributed by atoms with Gasteiger partial charge >= 0.3 is 240 Å². The summed E-state index contributed by atoms with van der Waals surface area (Å²) in [7, 11) is 0. The first-order valence-electron chi connectivity index (χ1n) is 13.7. The van der Waals surface area contributed by atoms with Crippen LogP contribution in [0.2, 0.25) is 0 Å². The molecular formula is C36H37Zr. The molecule has 4 aromatic carbocycles. The zero-order valence-corrected chi connectivity index (χ0v) is 25.6. The fourth-order valence-electron chi connectivity index (χ4n) is 6.80. The Kier molecular flexibility index (Phi) is 6.04. The SMILES string of the molecule is CC(C)(C)c1ccc2c(c1C[CH]([Zr])c1c(C(C)(C)C)ccc3c1Cc1ccccc1-3)Cc1ccccc1-2. The van der Waals surface area contributed by atoms with Crippen molar-refractivity contribution in [1.29, 1.82) is 0 Å². The molecule has 0 aromatic heterocycles. The van der Waals surface area contributed by atoms with E-state index in [0.29, 0.717) is 3.63 Å². The molecule has 0 spiro atoms. The molecule has 0 heterocycles. The van der Waals surface area contributed by atoms with Crippen LogP contribution in [0.5, 0.6) is 0 Å². The van der Waals surface area contributed by atoms with E-state index >= 15 is 0 Å². The van der Waals surface area contributed by atoms with Crippen LogP contribution in [0.3, 0.4) is 0 Å². The summed E-state index contributed by atoms with van der Waals surface area (Å²) < 4.78 is 0.530. The Morgan fingerprint density at radius 2 is 1.08 bits per heavy atom. The summed E-state index contributed by atoms with van der Waals surface area (Å²) in [5.74, 6) is 0. The van der Waals surface area contributed by atoms with E-state index in [1.54, 1.807) is 47.0 Å². The molecule has 4 aromatic rings. The maximum absolute atomic E-state index is 2.45. The Hall–Kier alpha value is -2.24. The average molecular weight is 561 g/mol. The van der Waals surface area contributed by atoms with Crippen LogP contribution in [-0.4, -0.2) is 0 Å². The third kappa shape index (κ3) is 4.23. The van der Waals surface area contributed by atoms with Crippen LogP contribution >= 0.6 is 0 Å². The quantitative estimate of drug-likeness (QED) is 0.202. The van der Waals surface area contributed by atoms with E-state index in [9.17, 15) is 0 Å². The molecule has 6 rings (SSSR count). The van der Waals surface area contributed by atoms with Gasteiger partial charge in [-0.15, -0.1) is 0 Å². The second kappa shape index (κ2) is 8.91. The molecule has 0 saturated carbocycles. The van der Waals surface area contributed by atoms with Crippen molar-refractivity contribution in [2.24, 2.45) is 0 Å². The summed E-state index contributed by atoms with van der Waals surface area (Å²) in [4.78, 5) is 0.